The largest absolute Gasteiger partial charge is 0.347 e. The first kappa shape index (κ1) is 16.6. The molecule has 134 valence electrons. The van der Waals surface area contributed by atoms with E-state index in [-0.39, 0.29) is 35.2 Å². The van der Waals surface area contributed by atoms with Gasteiger partial charge >= 0.3 is 0 Å². The number of nitrogens with one attached hydrogen (secondary N) is 1. The quantitative estimate of drug-likeness (QED) is 0.918. The van der Waals surface area contributed by atoms with E-state index in [1.165, 1.54) is 11.1 Å². The van der Waals surface area contributed by atoms with Crippen molar-refractivity contribution in [2.24, 2.45) is 5.92 Å². The minimum Gasteiger partial charge on any atom is -0.347 e. The van der Waals surface area contributed by atoms with Crippen LogP contribution in [0.5, 0.6) is 0 Å². The summed E-state index contributed by atoms with van der Waals surface area (Å²) in [6, 6.07) is 8.26. The van der Waals surface area contributed by atoms with E-state index in [1.54, 1.807) is 0 Å². The van der Waals surface area contributed by atoms with Gasteiger partial charge < -0.3 is 10.2 Å². The Morgan fingerprint density at radius 2 is 1.88 bits per heavy atom. The maximum absolute atomic E-state index is 12.9. The molecule has 4 rings (SSSR count). The summed E-state index contributed by atoms with van der Waals surface area (Å²) in [5.41, 5.74) is 2.73. The number of likely N-dealkylation sites (tertiary alicyclic amines) is 1. The molecule has 0 spiro atoms. The van der Waals surface area contributed by atoms with Gasteiger partial charge in [-0.3, -0.25) is 9.59 Å². The van der Waals surface area contributed by atoms with Crippen LogP contribution in [0.25, 0.3) is 0 Å². The molecule has 4 heteroatoms. The topological polar surface area (TPSA) is 49.4 Å². The van der Waals surface area contributed by atoms with Gasteiger partial charge in [0.15, 0.2) is 0 Å². The lowest BCUT2D eigenvalue weighted by atomic mass is 9.71. The standard InChI is InChI=1S/C21H28N2O2/c1-21(2)12-11-17(15-6-3-4-7-16(15)21)22-19(24)18-8-5-13-23(18)20(25)14-9-10-14/h3-4,6-7,14,17-18H,5,8-13H2,1-2H3,(H,22,24)/t17-,18+/m0/s1. The van der Waals surface area contributed by atoms with Gasteiger partial charge in [0, 0.05) is 12.5 Å². The predicted molar refractivity (Wildman–Crippen MR) is 97.0 cm³/mol. The second-order valence-electron chi connectivity index (χ2n) is 8.53. The van der Waals surface area contributed by atoms with Crippen molar-refractivity contribution in [3.05, 3.63) is 35.4 Å². The van der Waals surface area contributed by atoms with Crippen LogP contribution in [0.4, 0.5) is 0 Å². The summed E-state index contributed by atoms with van der Waals surface area (Å²) in [4.78, 5) is 27.2. The van der Waals surface area contributed by atoms with E-state index in [9.17, 15) is 9.59 Å². The molecular formula is C21H28N2O2. The average Bonchev–Trinajstić information content (AvgIpc) is 3.33. The Morgan fingerprint density at radius 1 is 1.12 bits per heavy atom. The summed E-state index contributed by atoms with van der Waals surface area (Å²) in [5.74, 6) is 0.415. The van der Waals surface area contributed by atoms with Gasteiger partial charge in [-0.05, 0) is 55.1 Å². The first-order chi connectivity index (χ1) is 12.0. The Kier molecular flexibility index (Phi) is 4.09. The first-order valence-corrected chi connectivity index (χ1v) is 9.67. The van der Waals surface area contributed by atoms with Gasteiger partial charge in [0.1, 0.15) is 6.04 Å². The van der Waals surface area contributed by atoms with Crippen LogP contribution in [0.1, 0.15) is 69.5 Å². The molecule has 3 aliphatic rings. The Labute approximate surface area is 150 Å². The summed E-state index contributed by atoms with van der Waals surface area (Å²) in [7, 11) is 0. The third kappa shape index (κ3) is 3.07. The van der Waals surface area contributed by atoms with E-state index in [0.29, 0.717) is 0 Å². The average molecular weight is 340 g/mol. The van der Waals surface area contributed by atoms with Gasteiger partial charge in [0.2, 0.25) is 11.8 Å². The summed E-state index contributed by atoms with van der Waals surface area (Å²) in [5, 5.41) is 3.27. The van der Waals surface area contributed by atoms with Crippen molar-refractivity contribution in [2.75, 3.05) is 6.54 Å². The molecule has 1 aromatic rings. The van der Waals surface area contributed by atoms with Crippen LogP contribution >= 0.6 is 0 Å². The van der Waals surface area contributed by atoms with E-state index < -0.39 is 0 Å². The lowest BCUT2D eigenvalue weighted by Crippen LogP contribution is -2.48. The van der Waals surface area contributed by atoms with Crippen molar-refractivity contribution in [2.45, 2.75) is 69.9 Å². The minimum atomic E-state index is -0.268. The fourth-order valence-corrected chi connectivity index (χ4v) is 4.50. The fraction of sp³-hybridized carbons (Fsp3) is 0.619. The van der Waals surface area contributed by atoms with Gasteiger partial charge in [-0.25, -0.2) is 0 Å². The smallest absolute Gasteiger partial charge is 0.243 e. The van der Waals surface area contributed by atoms with E-state index in [0.717, 1.165) is 45.1 Å². The van der Waals surface area contributed by atoms with Crippen LogP contribution in [-0.2, 0) is 15.0 Å². The maximum atomic E-state index is 12.9. The van der Waals surface area contributed by atoms with Gasteiger partial charge in [0.05, 0.1) is 6.04 Å². The zero-order valence-corrected chi connectivity index (χ0v) is 15.3. The van der Waals surface area contributed by atoms with Crippen LogP contribution in [0.3, 0.4) is 0 Å². The van der Waals surface area contributed by atoms with E-state index in [1.807, 2.05) is 4.90 Å². The molecule has 25 heavy (non-hydrogen) atoms. The number of benzene rings is 1. The zero-order valence-electron chi connectivity index (χ0n) is 15.3. The lowest BCUT2D eigenvalue weighted by molar-refractivity contribution is -0.139. The van der Waals surface area contributed by atoms with Gasteiger partial charge in [-0.2, -0.15) is 0 Å². The highest BCUT2D eigenvalue weighted by Crippen LogP contribution is 2.41. The Bertz CT molecular complexity index is 693. The summed E-state index contributed by atoms with van der Waals surface area (Å²) >= 11 is 0. The van der Waals surface area contributed by atoms with E-state index in [2.05, 4.69) is 43.4 Å². The summed E-state index contributed by atoms with van der Waals surface area (Å²) in [6.45, 7) is 5.29. The number of carbonyl (C=O) groups excluding carboxylic acids is 2. The molecule has 0 bridgehead atoms. The molecule has 1 aromatic carbocycles. The highest BCUT2D eigenvalue weighted by Gasteiger charge is 2.42. The second kappa shape index (κ2) is 6.15. The molecule has 0 radical (unpaired) electrons. The fourth-order valence-electron chi connectivity index (χ4n) is 4.50. The Morgan fingerprint density at radius 3 is 2.64 bits per heavy atom. The molecule has 0 aromatic heterocycles. The van der Waals surface area contributed by atoms with Crippen molar-refractivity contribution in [3.63, 3.8) is 0 Å². The third-order valence-electron chi connectivity index (χ3n) is 6.20. The van der Waals surface area contributed by atoms with Crippen molar-refractivity contribution in [1.29, 1.82) is 0 Å². The Hall–Kier alpha value is -1.84. The molecule has 1 heterocycles. The molecule has 1 saturated heterocycles. The van der Waals surface area contributed by atoms with Crippen molar-refractivity contribution in [1.82, 2.24) is 10.2 Å². The first-order valence-electron chi connectivity index (χ1n) is 9.67. The molecular weight excluding hydrogens is 312 g/mol. The number of amides is 2. The molecule has 2 aliphatic carbocycles. The minimum absolute atomic E-state index is 0.0333. The number of hydrogen-bond donors (Lipinski definition) is 1. The monoisotopic (exact) mass is 340 g/mol. The van der Waals surface area contributed by atoms with E-state index in [4.69, 9.17) is 0 Å². The number of carbonyl (C=O) groups is 2. The highest BCUT2D eigenvalue weighted by molar-refractivity contribution is 5.90. The zero-order chi connectivity index (χ0) is 17.6. The van der Waals surface area contributed by atoms with Gasteiger partial charge in [0.25, 0.3) is 0 Å². The number of rotatable bonds is 3. The number of nitrogens with zero attached hydrogens (tertiary/aromatic N) is 1. The molecule has 4 nitrogen and oxygen atoms in total. The van der Waals surface area contributed by atoms with Crippen molar-refractivity contribution < 1.29 is 9.59 Å². The summed E-state index contributed by atoms with van der Waals surface area (Å²) in [6.07, 6.45) is 5.74. The van der Waals surface area contributed by atoms with Crippen LogP contribution in [-0.4, -0.2) is 29.3 Å². The predicted octanol–water partition coefficient (Wildman–Crippen LogP) is 3.32. The van der Waals surface area contributed by atoms with Gasteiger partial charge in [-0.1, -0.05) is 38.1 Å². The van der Waals surface area contributed by atoms with Crippen LogP contribution in [0.15, 0.2) is 24.3 Å². The van der Waals surface area contributed by atoms with Crippen molar-refractivity contribution >= 4 is 11.8 Å². The van der Waals surface area contributed by atoms with Gasteiger partial charge in [-0.15, -0.1) is 0 Å². The van der Waals surface area contributed by atoms with E-state index >= 15 is 0 Å². The highest BCUT2D eigenvalue weighted by atomic mass is 16.2. The molecule has 2 amide bonds. The molecule has 0 unspecified atom stereocenters. The van der Waals surface area contributed by atoms with Crippen LogP contribution in [0, 0.1) is 5.92 Å². The number of hydrogen-bond acceptors (Lipinski definition) is 2. The van der Waals surface area contributed by atoms with Crippen LogP contribution < -0.4 is 5.32 Å². The molecule has 2 atom stereocenters. The maximum Gasteiger partial charge on any atom is 0.243 e. The Balaban J connectivity index is 1.50. The summed E-state index contributed by atoms with van der Waals surface area (Å²) < 4.78 is 0. The van der Waals surface area contributed by atoms with Crippen LogP contribution in [0.2, 0.25) is 0 Å². The molecule has 2 fully saturated rings. The second-order valence-corrected chi connectivity index (χ2v) is 8.53. The van der Waals surface area contributed by atoms with Crippen molar-refractivity contribution in [3.8, 4) is 0 Å². The molecule has 1 aliphatic heterocycles. The molecule has 1 saturated carbocycles. The lowest BCUT2D eigenvalue weighted by Gasteiger charge is -2.38. The SMILES string of the molecule is CC1(C)CC[C@H](NC(=O)[C@H]2CCCN2C(=O)C2CC2)c2ccccc21. The number of fused-ring (bicyclic) bond motifs is 1. The normalized spacial score (nSPS) is 27.7. The third-order valence-corrected chi connectivity index (χ3v) is 6.20. The molecule has 1 N–H and O–H groups in total.